The number of hydrogen-bond acceptors (Lipinski definition) is 3. The lowest BCUT2D eigenvalue weighted by molar-refractivity contribution is 0.149. The van der Waals surface area contributed by atoms with Gasteiger partial charge in [-0.15, -0.1) is 0 Å². The lowest BCUT2D eigenvalue weighted by Gasteiger charge is -2.19. The molecule has 0 atom stereocenters. The highest BCUT2D eigenvalue weighted by molar-refractivity contribution is 5.64. The van der Waals surface area contributed by atoms with Crippen LogP contribution in [0.15, 0.2) is 17.9 Å². The second-order valence-corrected chi connectivity index (χ2v) is 3.60. The third kappa shape index (κ3) is 1.83. The minimum absolute atomic E-state index is 0.0729. The average molecular weight is 206 g/mol. The van der Waals surface area contributed by atoms with Gasteiger partial charge in [0.25, 0.3) is 0 Å². The molecule has 1 aromatic carbocycles. The summed E-state index contributed by atoms with van der Waals surface area (Å²) in [6.45, 7) is 2.45. The summed E-state index contributed by atoms with van der Waals surface area (Å²) < 4.78 is 10.7. The number of aryl methyl sites for hydroxylation is 1. The highest BCUT2D eigenvalue weighted by atomic mass is 16.5. The van der Waals surface area contributed by atoms with E-state index in [0.29, 0.717) is 12.4 Å². The van der Waals surface area contributed by atoms with E-state index in [0.717, 1.165) is 22.4 Å². The molecule has 0 unspecified atom stereocenters. The Bertz CT molecular complexity index is 408. The van der Waals surface area contributed by atoms with Gasteiger partial charge in [0.05, 0.1) is 7.11 Å². The van der Waals surface area contributed by atoms with Crippen LogP contribution >= 0.6 is 0 Å². The predicted octanol–water partition coefficient (Wildman–Crippen LogP) is 1.87. The van der Waals surface area contributed by atoms with E-state index in [1.165, 1.54) is 0 Å². The fraction of sp³-hybridized carbons (Fsp3) is 0.333. The van der Waals surface area contributed by atoms with Crippen LogP contribution in [-0.4, -0.2) is 18.8 Å². The third-order valence-electron chi connectivity index (χ3n) is 2.47. The molecule has 0 saturated heterocycles. The number of fused-ring (bicyclic) bond motifs is 1. The summed E-state index contributed by atoms with van der Waals surface area (Å²) >= 11 is 0. The Balaban J connectivity index is 2.53. The maximum Gasteiger partial charge on any atom is 0.126 e. The summed E-state index contributed by atoms with van der Waals surface area (Å²) in [6.07, 6.45) is 1.83. The quantitative estimate of drug-likeness (QED) is 0.802. The molecule has 1 N–H and O–H groups in total. The molecule has 0 amide bonds. The molecule has 2 rings (SSSR count). The summed E-state index contributed by atoms with van der Waals surface area (Å²) in [5.74, 6) is 1.42. The molecule has 0 fully saturated rings. The highest BCUT2D eigenvalue weighted by Gasteiger charge is 2.15. The zero-order chi connectivity index (χ0) is 10.8. The van der Waals surface area contributed by atoms with Crippen molar-refractivity contribution >= 4 is 6.08 Å². The average Bonchev–Trinajstić information content (AvgIpc) is 2.27. The van der Waals surface area contributed by atoms with Crippen molar-refractivity contribution in [3.63, 3.8) is 0 Å². The van der Waals surface area contributed by atoms with E-state index in [9.17, 15) is 0 Å². The molecular formula is C12H14O3. The van der Waals surface area contributed by atoms with E-state index < -0.39 is 0 Å². The number of hydrogen-bond donors (Lipinski definition) is 1. The van der Waals surface area contributed by atoms with Gasteiger partial charge in [-0.1, -0.05) is 6.07 Å². The Morgan fingerprint density at radius 2 is 2.27 bits per heavy atom. The number of methoxy groups -OCH3 is 1. The van der Waals surface area contributed by atoms with Gasteiger partial charge < -0.3 is 14.6 Å². The van der Waals surface area contributed by atoms with Gasteiger partial charge in [0.2, 0.25) is 0 Å². The van der Waals surface area contributed by atoms with Gasteiger partial charge in [-0.05, 0) is 24.6 Å². The van der Waals surface area contributed by atoms with Crippen LogP contribution < -0.4 is 4.74 Å². The molecule has 3 nitrogen and oxygen atoms in total. The molecule has 0 aromatic heterocycles. The Morgan fingerprint density at radius 3 is 2.93 bits per heavy atom. The molecule has 0 bridgehead atoms. The highest BCUT2D eigenvalue weighted by Crippen LogP contribution is 2.31. The summed E-state index contributed by atoms with van der Waals surface area (Å²) in [4.78, 5) is 0. The molecule has 1 aliphatic heterocycles. The van der Waals surface area contributed by atoms with Gasteiger partial charge in [-0.2, -0.15) is 0 Å². The Morgan fingerprint density at radius 1 is 1.47 bits per heavy atom. The molecule has 80 valence electrons. The topological polar surface area (TPSA) is 38.7 Å². The molecule has 15 heavy (non-hydrogen) atoms. The van der Waals surface area contributed by atoms with E-state index >= 15 is 0 Å². The van der Waals surface area contributed by atoms with Crippen molar-refractivity contribution in [2.45, 2.75) is 13.5 Å². The van der Waals surface area contributed by atoms with E-state index in [-0.39, 0.29) is 6.61 Å². The van der Waals surface area contributed by atoms with Crippen molar-refractivity contribution in [2.24, 2.45) is 0 Å². The van der Waals surface area contributed by atoms with Crippen molar-refractivity contribution in [1.29, 1.82) is 0 Å². The zero-order valence-electron chi connectivity index (χ0n) is 8.91. The monoisotopic (exact) mass is 206 g/mol. The first-order chi connectivity index (χ1) is 7.24. The van der Waals surface area contributed by atoms with Crippen LogP contribution in [0.25, 0.3) is 6.08 Å². The third-order valence-corrected chi connectivity index (χ3v) is 2.47. The van der Waals surface area contributed by atoms with Gasteiger partial charge in [-0.25, -0.2) is 0 Å². The van der Waals surface area contributed by atoms with Crippen molar-refractivity contribution in [2.75, 3.05) is 13.7 Å². The normalized spacial score (nSPS) is 13.9. The Labute approximate surface area is 88.9 Å². The van der Waals surface area contributed by atoms with E-state index in [1.807, 2.05) is 19.1 Å². The van der Waals surface area contributed by atoms with E-state index in [4.69, 9.17) is 14.6 Å². The summed E-state index contributed by atoms with van der Waals surface area (Å²) in [6, 6.07) is 4.05. The molecule has 1 heterocycles. The molecule has 1 aliphatic rings. The van der Waals surface area contributed by atoms with Crippen LogP contribution in [0, 0.1) is 6.92 Å². The lowest BCUT2D eigenvalue weighted by Crippen LogP contribution is -2.07. The maximum atomic E-state index is 9.00. The number of benzene rings is 1. The molecular weight excluding hydrogens is 192 g/mol. The minimum atomic E-state index is -0.0729. The minimum Gasteiger partial charge on any atom is -0.496 e. The van der Waals surface area contributed by atoms with Crippen molar-refractivity contribution in [3.8, 4) is 5.75 Å². The molecule has 0 spiro atoms. The predicted molar refractivity (Wildman–Crippen MR) is 57.6 cm³/mol. The number of aliphatic hydroxyl groups excluding tert-OH is 1. The smallest absolute Gasteiger partial charge is 0.126 e. The van der Waals surface area contributed by atoms with Crippen molar-refractivity contribution in [1.82, 2.24) is 0 Å². The largest absolute Gasteiger partial charge is 0.496 e. The van der Waals surface area contributed by atoms with Crippen LogP contribution in [0.2, 0.25) is 0 Å². The SMILES string of the molecule is COc1cc(C)cc2c1C=C(CO)OC2. The number of aliphatic hydroxyl groups is 1. The molecule has 0 saturated carbocycles. The van der Waals surface area contributed by atoms with Crippen LogP contribution in [0.4, 0.5) is 0 Å². The van der Waals surface area contributed by atoms with E-state index in [1.54, 1.807) is 7.11 Å². The first-order valence-electron chi connectivity index (χ1n) is 4.86. The van der Waals surface area contributed by atoms with E-state index in [2.05, 4.69) is 6.07 Å². The second kappa shape index (κ2) is 3.95. The van der Waals surface area contributed by atoms with Gasteiger partial charge in [0.1, 0.15) is 24.7 Å². The molecule has 3 heteroatoms. The fourth-order valence-corrected chi connectivity index (χ4v) is 1.75. The first kappa shape index (κ1) is 10.1. The van der Waals surface area contributed by atoms with Crippen LogP contribution in [0.5, 0.6) is 5.75 Å². The number of rotatable bonds is 2. The molecule has 1 aromatic rings. The van der Waals surface area contributed by atoms with Gasteiger partial charge >= 0.3 is 0 Å². The maximum absolute atomic E-state index is 9.00. The summed E-state index contributed by atoms with van der Waals surface area (Å²) in [5, 5.41) is 9.00. The van der Waals surface area contributed by atoms with Gasteiger partial charge in [0, 0.05) is 11.1 Å². The van der Waals surface area contributed by atoms with Crippen molar-refractivity contribution < 1.29 is 14.6 Å². The van der Waals surface area contributed by atoms with Gasteiger partial charge in [-0.3, -0.25) is 0 Å². The Hall–Kier alpha value is -1.48. The molecule has 0 aliphatic carbocycles. The lowest BCUT2D eigenvalue weighted by atomic mass is 10.0. The zero-order valence-corrected chi connectivity index (χ0v) is 8.91. The first-order valence-corrected chi connectivity index (χ1v) is 4.86. The van der Waals surface area contributed by atoms with Crippen LogP contribution in [-0.2, 0) is 11.3 Å². The van der Waals surface area contributed by atoms with Crippen LogP contribution in [0.1, 0.15) is 16.7 Å². The van der Waals surface area contributed by atoms with Crippen molar-refractivity contribution in [3.05, 3.63) is 34.6 Å². The standard InChI is InChI=1S/C12H14O3/c1-8-3-9-7-15-10(6-13)5-11(9)12(4-8)14-2/h3-5,13H,6-7H2,1-2H3. The second-order valence-electron chi connectivity index (χ2n) is 3.60. The summed E-state index contributed by atoms with van der Waals surface area (Å²) in [7, 11) is 1.65. The number of ether oxygens (including phenoxy) is 2. The molecule has 0 radical (unpaired) electrons. The fourth-order valence-electron chi connectivity index (χ4n) is 1.75. The summed E-state index contributed by atoms with van der Waals surface area (Å²) in [5.41, 5.74) is 3.26. The van der Waals surface area contributed by atoms with Crippen LogP contribution in [0.3, 0.4) is 0 Å². The van der Waals surface area contributed by atoms with Gasteiger partial charge in [0.15, 0.2) is 0 Å². The Kier molecular flexibility index (Phi) is 2.64.